The summed E-state index contributed by atoms with van der Waals surface area (Å²) in [7, 11) is 0. The number of nitrogen functional groups attached to an aromatic ring is 1. The number of nitrogens with two attached hydrogens (primary N) is 1. The maximum Gasteiger partial charge on any atom is 0.102 e. The van der Waals surface area contributed by atoms with Gasteiger partial charge in [-0.2, -0.15) is 0 Å². The van der Waals surface area contributed by atoms with Crippen molar-refractivity contribution < 1.29 is 9.84 Å². The van der Waals surface area contributed by atoms with E-state index < -0.39 is 6.10 Å². The predicted molar refractivity (Wildman–Crippen MR) is 79.6 cm³/mol. The van der Waals surface area contributed by atoms with Crippen molar-refractivity contribution in [1.29, 1.82) is 0 Å². The number of ether oxygens (including phenoxy) is 1. The fraction of sp³-hybridized carbons (Fsp3) is 0.200. The number of halogens is 1. The molecule has 0 aliphatic rings. The van der Waals surface area contributed by atoms with Crippen LogP contribution in [-0.4, -0.2) is 11.7 Å². The minimum Gasteiger partial charge on any atom is -0.399 e. The van der Waals surface area contributed by atoms with Crippen LogP contribution < -0.4 is 5.73 Å². The maximum absolute atomic E-state index is 9.96. The van der Waals surface area contributed by atoms with E-state index >= 15 is 0 Å². The lowest BCUT2D eigenvalue weighted by atomic mass is 10.1. The molecule has 1 atom stereocenters. The molecule has 2 aromatic rings. The first kappa shape index (κ1) is 14.1. The highest BCUT2D eigenvalue weighted by Gasteiger charge is 2.07. The second kappa shape index (κ2) is 6.70. The van der Waals surface area contributed by atoms with Crippen molar-refractivity contribution in [3.05, 3.63) is 64.1 Å². The molecular formula is C15H16BrNO2. The van der Waals surface area contributed by atoms with Crippen molar-refractivity contribution >= 4 is 21.6 Å². The predicted octanol–water partition coefficient (Wildman–Crippen LogP) is 3.28. The number of aliphatic hydroxyl groups excluding tert-OH is 1. The Morgan fingerprint density at radius 3 is 2.32 bits per heavy atom. The number of hydrogen-bond acceptors (Lipinski definition) is 3. The molecule has 0 amide bonds. The first-order valence-corrected chi connectivity index (χ1v) is 6.80. The van der Waals surface area contributed by atoms with Gasteiger partial charge in [-0.15, -0.1) is 0 Å². The van der Waals surface area contributed by atoms with Crippen LogP contribution in [0, 0.1) is 0 Å². The molecule has 0 saturated heterocycles. The molecule has 3 N–H and O–H groups in total. The van der Waals surface area contributed by atoms with Crippen LogP contribution in [0.15, 0.2) is 53.0 Å². The third-order valence-corrected chi connectivity index (χ3v) is 3.31. The second-order valence-electron chi connectivity index (χ2n) is 4.32. The standard InChI is InChI=1S/C15H16BrNO2/c16-13-5-1-11(2-6-13)9-19-10-15(18)12-3-7-14(17)8-4-12/h1-8,15,18H,9-10,17H2. The maximum atomic E-state index is 9.96. The normalized spacial score (nSPS) is 12.3. The summed E-state index contributed by atoms with van der Waals surface area (Å²) in [5.74, 6) is 0. The van der Waals surface area contributed by atoms with Gasteiger partial charge in [-0.05, 0) is 35.4 Å². The fourth-order valence-corrected chi connectivity index (χ4v) is 1.95. The molecule has 0 heterocycles. The van der Waals surface area contributed by atoms with Crippen molar-refractivity contribution in [2.24, 2.45) is 0 Å². The molecule has 0 bridgehead atoms. The van der Waals surface area contributed by atoms with E-state index in [9.17, 15) is 5.11 Å². The third-order valence-electron chi connectivity index (χ3n) is 2.78. The summed E-state index contributed by atoms with van der Waals surface area (Å²) < 4.78 is 6.55. The lowest BCUT2D eigenvalue weighted by Crippen LogP contribution is -2.07. The number of rotatable bonds is 5. The monoisotopic (exact) mass is 321 g/mol. The molecule has 100 valence electrons. The zero-order chi connectivity index (χ0) is 13.7. The number of benzene rings is 2. The van der Waals surface area contributed by atoms with Crippen LogP contribution in [-0.2, 0) is 11.3 Å². The van der Waals surface area contributed by atoms with E-state index in [0.29, 0.717) is 12.3 Å². The molecule has 0 spiro atoms. The minimum absolute atomic E-state index is 0.264. The molecule has 0 saturated carbocycles. The van der Waals surface area contributed by atoms with E-state index in [1.807, 2.05) is 36.4 Å². The Labute approximate surface area is 121 Å². The highest BCUT2D eigenvalue weighted by atomic mass is 79.9. The summed E-state index contributed by atoms with van der Waals surface area (Å²) in [5, 5.41) is 9.96. The Morgan fingerprint density at radius 1 is 1.05 bits per heavy atom. The Hall–Kier alpha value is -1.36. The van der Waals surface area contributed by atoms with Gasteiger partial charge in [0.1, 0.15) is 6.10 Å². The average molecular weight is 322 g/mol. The molecule has 2 rings (SSSR count). The SMILES string of the molecule is Nc1ccc(C(O)COCc2ccc(Br)cc2)cc1. The first-order valence-electron chi connectivity index (χ1n) is 6.01. The quantitative estimate of drug-likeness (QED) is 0.831. The summed E-state index contributed by atoms with van der Waals surface area (Å²) in [6.45, 7) is 0.749. The molecule has 0 radical (unpaired) electrons. The number of aliphatic hydroxyl groups is 1. The van der Waals surface area contributed by atoms with Gasteiger partial charge in [-0.25, -0.2) is 0 Å². The summed E-state index contributed by atoms with van der Waals surface area (Å²) in [6, 6.07) is 15.1. The Kier molecular flexibility index (Phi) is 4.96. The average Bonchev–Trinajstić information content (AvgIpc) is 2.41. The minimum atomic E-state index is -0.629. The van der Waals surface area contributed by atoms with Crippen molar-refractivity contribution in [2.45, 2.75) is 12.7 Å². The lowest BCUT2D eigenvalue weighted by Gasteiger charge is -2.12. The molecule has 19 heavy (non-hydrogen) atoms. The summed E-state index contributed by atoms with van der Waals surface area (Å²) >= 11 is 3.38. The van der Waals surface area contributed by atoms with Crippen LogP contribution in [0.3, 0.4) is 0 Å². The molecule has 0 aliphatic carbocycles. The van der Waals surface area contributed by atoms with Crippen molar-refractivity contribution in [1.82, 2.24) is 0 Å². The molecule has 1 unspecified atom stereocenters. The van der Waals surface area contributed by atoms with E-state index in [1.165, 1.54) is 0 Å². The Bertz CT molecular complexity index is 511. The highest BCUT2D eigenvalue weighted by Crippen LogP contribution is 2.16. The first-order chi connectivity index (χ1) is 9.15. The Morgan fingerprint density at radius 2 is 1.68 bits per heavy atom. The highest BCUT2D eigenvalue weighted by molar-refractivity contribution is 9.10. The molecule has 0 fully saturated rings. The van der Waals surface area contributed by atoms with E-state index in [1.54, 1.807) is 12.1 Å². The molecule has 4 heteroatoms. The third kappa shape index (κ3) is 4.35. The van der Waals surface area contributed by atoms with Gasteiger partial charge >= 0.3 is 0 Å². The molecule has 0 aromatic heterocycles. The largest absolute Gasteiger partial charge is 0.399 e. The van der Waals surface area contributed by atoms with E-state index in [0.717, 1.165) is 15.6 Å². The molecular weight excluding hydrogens is 306 g/mol. The summed E-state index contributed by atoms with van der Waals surface area (Å²) in [4.78, 5) is 0. The van der Waals surface area contributed by atoms with Crippen LogP contribution in [0.1, 0.15) is 17.2 Å². The van der Waals surface area contributed by atoms with Crippen LogP contribution in [0.2, 0.25) is 0 Å². The summed E-state index contributed by atoms with van der Waals surface area (Å²) in [6.07, 6.45) is -0.629. The van der Waals surface area contributed by atoms with E-state index in [2.05, 4.69) is 15.9 Å². The van der Waals surface area contributed by atoms with Crippen molar-refractivity contribution in [3.8, 4) is 0 Å². The van der Waals surface area contributed by atoms with Gasteiger partial charge in [0.2, 0.25) is 0 Å². The van der Waals surface area contributed by atoms with Crippen LogP contribution in [0.4, 0.5) is 5.69 Å². The van der Waals surface area contributed by atoms with Gasteiger partial charge in [-0.3, -0.25) is 0 Å². The number of anilines is 1. The van der Waals surface area contributed by atoms with Crippen LogP contribution in [0.5, 0.6) is 0 Å². The molecule has 0 aliphatic heterocycles. The van der Waals surface area contributed by atoms with Gasteiger partial charge in [0, 0.05) is 10.2 Å². The van der Waals surface area contributed by atoms with Crippen molar-refractivity contribution in [2.75, 3.05) is 12.3 Å². The zero-order valence-corrected chi connectivity index (χ0v) is 12.0. The second-order valence-corrected chi connectivity index (χ2v) is 5.24. The van der Waals surface area contributed by atoms with Crippen LogP contribution >= 0.6 is 15.9 Å². The van der Waals surface area contributed by atoms with Crippen molar-refractivity contribution in [3.63, 3.8) is 0 Å². The summed E-state index contributed by atoms with van der Waals surface area (Å²) in [5.41, 5.74) is 8.17. The zero-order valence-electron chi connectivity index (χ0n) is 10.4. The van der Waals surface area contributed by atoms with Crippen LogP contribution in [0.25, 0.3) is 0 Å². The van der Waals surface area contributed by atoms with Gasteiger partial charge in [0.05, 0.1) is 13.2 Å². The lowest BCUT2D eigenvalue weighted by molar-refractivity contribution is 0.0277. The van der Waals surface area contributed by atoms with Gasteiger partial charge in [0.25, 0.3) is 0 Å². The topological polar surface area (TPSA) is 55.5 Å². The van der Waals surface area contributed by atoms with E-state index in [4.69, 9.17) is 10.5 Å². The van der Waals surface area contributed by atoms with Gasteiger partial charge in [-0.1, -0.05) is 40.2 Å². The smallest absolute Gasteiger partial charge is 0.102 e. The molecule has 2 aromatic carbocycles. The van der Waals surface area contributed by atoms with Gasteiger partial charge in [0.15, 0.2) is 0 Å². The Balaban J connectivity index is 1.82. The number of hydrogen-bond donors (Lipinski definition) is 2. The van der Waals surface area contributed by atoms with Gasteiger partial charge < -0.3 is 15.6 Å². The fourth-order valence-electron chi connectivity index (χ4n) is 1.68. The molecule has 3 nitrogen and oxygen atoms in total. The van der Waals surface area contributed by atoms with E-state index in [-0.39, 0.29) is 6.61 Å².